The van der Waals surface area contributed by atoms with Gasteiger partial charge in [-0.05, 0) is 6.92 Å². The molecule has 0 bridgehead atoms. The molecule has 3 N–H and O–H groups in total. The molecule has 0 saturated carbocycles. The predicted octanol–water partition coefficient (Wildman–Crippen LogP) is -0.941. The molecule has 10 heteroatoms. The van der Waals surface area contributed by atoms with Gasteiger partial charge in [0, 0.05) is 13.3 Å². The summed E-state index contributed by atoms with van der Waals surface area (Å²) in [6.07, 6.45) is 1.46. The molecule has 2 rings (SSSR count). The first-order chi connectivity index (χ1) is 11.9. The van der Waals surface area contributed by atoms with Gasteiger partial charge in [-0.2, -0.15) is 4.98 Å². The van der Waals surface area contributed by atoms with E-state index in [4.69, 9.17) is 20.6 Å². The normalized spacial score (nSPS) is 25.4. The van der Waals surface area contributed by atoms with Gasteiger partial charge in [0.05, 0.1) is 18.3 Å². The van der Waals surface area contributed by atoms with Gasteiger partial charge in [0.2, 0.25) is 0 Å². The lowest BCUT2D eigenvalue weighted by atomic mass is 10.1. The maximum absolute atomic E-state index is 12.2. The molecule has 136 valence electrons. The van der Waals surface area contributed by atoms with E-state index in [1.807, 2.05) is 0 Å². The molecule has 10 nitrogen and oxygen atoms in total. The minimum atomic E-state index is -1.32. The van der Waals surface area contributed by atoms with Crippen molar-refractivity contribution in [3.63, 3.8) is 0 Å². The van der Waals surface area contributed by atoms with Gasteiger partial charge in [-0.3, -0.25) is 9.88 Å². The summed E-state index contributed by atoms with van der Waals surface area (Å²) in [7, 11) is 1.45. The van der Waals surface area contributed by atoms with Gasteiger partial charge >= 0.3 is 11.8 Å². The third-order valence-electron chi connectivity index (χ3n) is 3.60. The van der Waals surface area contributed by atoms with Gasteiger partial charge in [0.25, 0.3) is 0 Å². The van der Waals surface area contributed by atoms with Crippen molar-refractivity contribution in [3.8, 4) is 12.3 Å². The molecule has 0 unspecified atom stereocenters. The number of aliphatic hydroxyl groups is 2. The number of aliphatic hydroxyl groups excluding tert-OH is 2. The van der Waals surface area contributed by atoms with E-state index >= 15 is 0 Å². The monoisotopic (exact) mass is 353 g/mol. The van der Waals surface area contributed by atoms with Crippen molar-refractivity contribution in [2.75, 3.05) is 25.6 Å². The number of nitrogens with zero attached hydrogens (tertiary/aromatic N) is 2. The number of rotatable bonds is 5. The van der Waals surface area contributed by atoms with Crippen LogP contribution in [0.2, 0.25) is 0 Å². The Morgan fingerprint density at radius 1 is 1.48 bits per heavy atom. The Morgan fingerprint density at radius 2 is 2.20 bits per heavy atom. The third-order valence-corrected chi connectivity index (χ3v) is 3.60. The highest BCUT2D eigenvalue weighted by molar-refractivity contribution is 5.84. The summed E-state index contributed by atoms with van der Waals surface area (Å²) in [6.45, 7) is 1.78. The molecule has 1 aliphatic rings. The fraction of sp³-hybridized carbons (Fsp3) is 0.533. The van der Waals surface area contributed by atoms with Gasteiger partial charge in [-0.1, -0.05) is 5.92 Å². The summed E-state index contributed by atoms with van der Waals surface area (Å²) >= 11 is 0. The molecule has 1 fully saturated rings. The Labute approximate surface area is 143 Å². The van der Waals surface area contributed by atoms with E-state index in [1.165, 1.54) is 13.3 Å². The Kier molecular flexibility index (Phi) is 6.11. The number of hydrogen-bond acceptors (Lipinski definition) is 8. The van der Waals surface area contributed by atoms with Crippen LogP contribution in [0.25, 0.3) is 0 Å². The molecule has 1 amide bonds. The highest BCUT2D eigenvalue weighted by Crippen LogP contribution is 2.28. The van der Waals surface area contributed by atoms with Crippen LogP contribution in [-0.2, 0) is 14.2 Å². The largest absolute Gasteiger partial charge is 0.447 e. The topological polar surface area (TPSA) is 132 Å². The SMILES string of the molecule is C#Cc1cn([C@@H]2O[C@H](C)[C@@H](O)[C@H]2O)c(=O)nc1NC(=O)OCCOC. The minimum absolute atomic E-state index is 0.0165. The second kappa shape index (κ2) is 8.09. The highest BCUT2D eigenvalue weighted by atomic mass is 16.6. The zero-order valence-electron chi connectivity index (χ0n) is 13.7. The van der Waals surface area contributed by atoms with Crippen molar-refractivity contribution >= 4 is 11.9 Å². The fourth-order valence-electron chi connectivity index (χ4n) is 2.26. The molecule has 1 saturated heterocycles. The highest BCUT2D eigenvalue weighted by Gasteiger charge is 2.42. The molecule has 0 aromatic carbocycles. The van der Waals surface area contributed by atoms with Crippen molar-refractivity contribution in [2.45, 2.75) is 31.5 Å². The minimum Gasteiger partial charge on any atom is -0.447 e. The summed E-state index contributed by atoms with van der Waals surface area (Å²) in [5.74, 6) is 2.12. The summed E-state index contributed by atoms with van der Waals surface area (Å²) in [4.78, 5) is 27.5. The summed E-state index contributed by atoms with van der Waals surface area (Å²) < 4.78 is 15.9. The number of nitrogens with one attached hydrogen (secondary N) is 1. The number of carbonyl (C=O) groups is 1. The van der Waals surface area contributed by atoms with Crippen LogP contribution in [0.5, 0.6) is 0 Å². The first kappa shape index (κ1) is 18.9. The van der Waals surface area contributed by atoms with E-state index in [0.29, 0.717) is 0 Å². The van der Waals surface area contributed by atoms with Crippen molar-refractivity contribution in [3.05, 3.63) is 22.2 Å². The lowest BCUT2D eigenvalue weighted by molar-refractivity contribution is -0.0350. The van der Waals surface area contributed by atoms with Crippen LogP contribution >= 0.6 is 0 Å². The molecule has 0 radical (unpaired) electrons. The van der Waals surface area contributed by atoms with Gasteiger partial charge in [0.15, 0.2) is 12.0 Å². The Balaban J connectivity index is 2.23. The Morgan fingerprint density at radius 3 is 2.76 bits per heavy atom. The quantitative estimate of drug-likeness (QED) is 0.456. The van der Waals surface area contributed by atoms with Crippen LogP contribution in [0, 0.1) is 12.3 Å². The van der Waals surface area contributed by atoms with Crippen LogP contribution < -0.4 is 11.0 Å². The van der Waals surface area contributed by atoms with E-state index in [9.17, 15) is 19.8 Å². The van der Waals surface area contributed by atoms with Crippen LogP contribution in [0.1, 0.15) is 18.7 Å². The van der Waals surface area contributed by atoms with E-state index in [1.54, 1.807) is 6.92 Å². The molecular weight excluding hydrogens is 334 g/mol. The van der Waals surface area contributed by atoms with E-state index < -0.39 is 36.3 Å². The number of hydrogen-bond donors (Lipinski definition) is 3. The summed E-state index contributed by atoms with van der Waals surface area (Å²) in [5, 5.41) is 22.0. The van der Waals surface area contributed by atoms with Crippen molar-refractivity contribution in [1.29, 1.82) is 0 Å². The number of carbonyl (C=O) groups excluding carboxylic acids is 1. The molecule has 4 atom stereocenters. The fourth-order valence-corrected chi connectivity index (χ4v) is 2.26. The molecule has 0 aliphatic carbocycles. The average molecular weight is 353 g/mol. The number of ether oxygens (including phenoxy) is 3. The van der Waals surface area contributed by atoms with Gasteiger partial charge in [0.1, 0.15) is 18.8 Å². The van der Waals surface area contributed by atoms with Gasteiger partial charge < -0.3 is 24.4 Å². The van der Waals surface area contributed by atoms with Gasteiger partial charge in [-0.25, -0.2) is 9.59 Å². The molecule has 25 heavy (non-hydrogen) atoms. The predicted molar refractivity (Wildman–Crippen MR) is 84.9 cm³/mol. The second-order valence-electron chi connectivity index (χ2n) is 5.30. The van der Waals surface area contributed by atoms with E-state index in [0.717, 1.165) is 4.57 Å². The smallest absolute Gasteiger partial charge is 0.412 e. The van der Waals surface area contributed by atoms with Crippen molar-refractivity contribution < 1.29 is 29.2 Å². The standard InChI is InChI=1S/C15H19N3O7/c1-4-9-7-18(13-11(20)10(19)8(2)25-13)14(21)16-12(9)17-15(22)24-6-5-23-3/h1,7-8,10-11,13,19-20H,5-6H2,2-3H3,(H,16,17,21,22)/t8-,10-,11-,13-/m1/s1. The molecule has 2 heterocycles. The van der Waals surface area contributed by atoms with Crippen LogP contribution in [-0.4, -0.2) is 64.5 Å². The molecule has 1 aromatic rings. The maximum Gasteiger partial charge on any atom is 0.412 e. The first-order valence-electron chi connectivity index (χ1n) is 7.43. The van der Waals surface area contributed by atoms with E-state index in [2.05, 4.69) is 16.2 Å². The van der Waals surface area contributed by atoms with Gasteiger partial charge in [-0.15, -0.1) is 6.42 Å². The number of anilines is 1. The maximum atomic E-state index is 12.2. The molecule has 1 aliphatic heterocycles. The first-order valence-corrected chi connectivity index (χ1v) is 7.43. The summed E-state index contributed by atoms with van der Waals surface area (Å²) in [5.41, 5.74) is -0.746. The third kappa shape index (κ3) is 4.15. The van der Waals surface area contributed by atoms with E-state index in [-0.39, 0.29) is 24.6 Å². The number of amides is 1. The number of terminal acetylenes is 1. The lowest BCUT2D eigenvalue weighted by Gasteiger charge is -2.18. The number of aromatic nitrogens is 2. The molecular formula is C15H19N3O7. The molecule has 1 aromatic heterocycles. The van der Waals surface area contributed by atoms with Crippen LogP contribution in [0.4, 0.5) is 10.6 Å². The zero-order valence-corrected chi connectivity index (χ0v) is 13.7. The molecule has 0 spiro atoms. The summed E-state index contributed by atoms with van der Waals surface area (Å²) in [6, 6.07) is 0. The number of methoxy groups -OCH3 is 1. The van der Waals surface area contributed by atoms with Crippen LogP contribution in [0.15, 0.2) is 11.0 Å². The lowest BCUT2D eigenvalue weighted by Crippen LogP contribution is -2.36. The van der Waals surface area contributed by atoms with Crippen molar-refractivity contribution in [2.24, 2.45) is 0 Å². The van der Waals surface area contributed by atoms with Crippen LogP contribution in [0.3, 0.4) is 0 Å². The second-order valence-corrected chi connectivity index (χ2v) is 5.30. The average Bonchev–Trinajstić information content (AvgIpc) is 2.83. The van der Waals surface area contributed by atoms with Crippen molar-refractivity contribution in [1.82, 2.24) is 9.55 Å². The Bertz CT molecular complexity index is 727. The zero-order chi connectivity index (χ0) is 18.6. The Hall–Kier alpha value is -2.45.